The average Bonchev–Trinajstić information content (AvgIpc) is 2.74. The highest BCUT2D eigenvalue weighted by Crippen LogP contribution is 2.21. The van der Waals surface area contributed by atoms with Gasteiger partial charge in [0.05, 0.1) is 0 Å². The van der Waals surface area contributed by atoms with Crippen molar-refractivity contribution < 1.29 is 0 Å². The van der Waals surface area contributed by atoms with Crippen molar-refractivity contribution in [1.82, 2.24) is 15.6 Å². The normalized spacial score (nSPS) is 23.6. The fourth-order valence-electron chi connectivity index (χ4n) is 2.16. The van der Waals surface area contributed by atoms with Crippen LogP contribution in [0.3, 0.4) is 0 Å². The molecule has 2 heterocycles. The zero-order valence-electron chi connectivity index (χ0n) is 8.53. The summed E-state index contributed by atoms with van der Waals surface area (Å²) in [6, 6.07) is 5.08. The first-order chi connectivity index (χ1) is 6.92. The van der Waals surface area contributed by atoms with Gasteiger partial charge in [0.15, 0.2) is 0 Å². The van der Waals surface area contributed by atoms with Gasteiger partial charge in [-0.15, -0.1) is 0 Å². The maximum Gasteiger partial charge on any atom is 0.0488 e. The highest BCUT2D eigenvalue weighted by atomic mass is 15.0. The molecular formula is C11H17N3. The molecule has 3 heteroatoms. The topological polar surface area (TPSA) is 37.0 Å². The van der Waals surface area contributed by atoms with Gasteiger partial charge in [-0.2, -0.15) is 0 Å². The van der Waals surface area contributed by atoms with E-state index in [0.29, 0.717) is 12.1 Å². The van der Waals surface area contributed by atoms with Gasteiger partial charge in [-0.05, 0) is 38.1 Å². The molecule has 1 aliphatic rings. The van der Waals surface area contributed by atoms with E-state index < -0.39 is 0 Å². The van der Waals surface area contributed by atoms with Gasteiger partial charge < -0.3 is 10.6 Å². The van der Waals surface area contributed by atoms with Crippen molar-refractivity contribution in [2.45, 2.75) is 24.9 Å². The minimum absolute atomic E-state index is 0.395. The minimum atomic E-state index is 0.395. The van der Waals surface area contributed by atoms with Crippen LogP contribution >= 0.6 is 0 Å². The van der Waals surface area contributed by atoms with Crippen LogP contribution in [0.5, 0.6) is 0 Å². The first kappa shape index (κ1) is 9.62. The van der Waals surface area contributed by atoms with E-state index in [1.54, 1.807) is 0 Å². The number of aromatic nitrogens is 1. The Labute approximate surface area is 84.9 Å². The Morgan fingerprint density at radius 2 is 2.57 bits per heavy atom. The molecule has 2 N–H and O–H groups in total. The summed E-state index contributed by atoms with van der Waals surface area (Å²) < 4.78 is 0. The van der Waals surface area contributed by atoms with Crippen LogP contribution in [0.2, 0.25) is 0 Å². The molecule has 1 aliphatic heterocycles. The smallest absolute Gasteiger partial charge is 0.0488 e. The van der Waals surface area contributed by atoms with E-state index in [-0.39, 0.29) is 0 Å². The van der Waals surface area contributed by atoms with Gasteiger partial charge in [0.1, 0.15) is 0 Å². The Morgan fingerprint density at radius 3 is 3.14 bits per heavy atom. The molecule has 2 atom stereocenters. The van der Waals surface area contributed by atoms with Crippen LogP contribution in [-0.4, -0.2) is 24.6 Å². The third-order valence-electron chi connectivity index (χ3n) is 2.86. The summed E-state index contributed by atoms with van der Waals surface area (Å²) in [7, 11) is 2.01. The lowest BCUT2D eigenvalue weighted by atomic mass is 10.00. The number of nitrogens with one attached hydrogen (secondary N) is 2. The molecule has 1 fully saturated rings. The lowest BCUT2D eigenvalue weighted by Gasteiger charge is -2.23. The monoisotopic (exact) mass is 191 g/mol. The molecule has 1 aromatic rings. The summed E-state index contributed by atoms with van der Waals surface area (Å²) in [6.07, 6.45) is 6.29. The molecule has 0 aromatic carbocycles. The van der Waals surface area contributed by atoms with Gasteiger partial charge in [-0.25, -0.2) is 0 Å². The first-order valence-corrected chi connectivity index (χ1v) is 5.22. The number of hydrogen-bond acceptors (Lipinski definition) is 3. The van der Waals surface area contributed by atoms with Gasteiger partial charge >= 0.3 is 0 Å². The molecule has 14 heavy (non-hydrogen) atoms. The molecule has 3 nitrogen and oxygen atoms in total. The van der Waals surface area contributed by atoms with Crippen LogP contribution in [0.25, 0.3) is 0 Å². The highest BCUT2D eigenvalue weighted by Gasteiger charge is 2.24. The lowest BCUT2D eigenvalue weighted by Crippen LogP contribution is -2.36. The summed E-state index contributed by atoms with van der Waals surface area (Å²) in [4.78, 5) is 4.16. The summed E-state index contributed by atoms with van der Waals surface area (Å²) in [5.74, 6) is 0. The van der Waals surface area contributed by atoms with Crippen molar-refractivity contribution in [2.75, 3.05) is 13.6 Å². The highest BCUT2D eigenvalue weighted by molar-refractivity contribution is 5.16. The lowest BCUT2D eigenvalue weighted by molar-refractivity contribution is 0.439. The minimum Gasteiger partial charge on any atom is -0.312 e. The van der Waals surface area contributed by atoms with Crippen molar-refractivity contribution in [3.8, 4) is 0 Å². The van der Waals surface area contributed by atoms with E-state index >= 15 is 0 Å². The van der Waals surface area contributed by atoms with Crippen molar-refractivity contribution in [3.05, 3.63) is 30.1 Å². The Morgan fingerprint density at radius 1 is 1.64 bits per heavy atom. The average molecular weight is 191 g/mol. The summed E-state index contributed by atoms with van der Waals surface area (Å²) in [6.45, 7) is 1.14. The largest absolute Gasteiger partial charge is 0.312 e. The Hall–Kier alpha value is -0.930. The van der Waals surface area contributed by atoms with Gasteiger partial charge in [-0.3, -0.25) is 4.98 Å². The van der Waals surface area contributed by atoms with E-state index in [2.05, 4.69) is 21.7 Å². The molecule has 0 saturated carbocycles. The summed E-state index contributed by atoms with van der Waals surface area (Å²) in [5.41, 5.74) is 1.27. The van der Waals surface area contributed by atoms with Crippen LogP contribution in [0, 0.1) is 0 Å². The SMILES string of the molecule is CNC(c1cccnc1)C1CCCN1. The Kier molecular flexibility index (Phi) is 3.11. The molecule has 0 bridgehead atoms. The molecule has 0 spiro atoms. The fraction of sp³-hybridized carbons (Fsp3) is 0.545. The van der Waals surface area contributed by atoms with Gasteiger partial charge in [0.25, 0.3) is 0 Å². The number of likely N-dealkylation sites (N-methyl/N-ethyl adjacent to an activating group) is 1. The van der Waals surface area contributed by atoms with Gasteiger partial charge in [-0.1, -0.05) is 6.07 Å². The fourth-order valence-corrected chi connectivity index (χ4v) is 2.16. The first-order valence-electron chi connectivity index (χ1n) is 5.22. The standard InChI is InChI=1S/C11H17N3/c1-12-11(10-5-3-7-14-10)9-4-2-6-13-8-9/h2,4,6,8,10-12,14H,3,5,7H2,1H3. The Bertz CT molecular complexity index is 267. The van der Waals surface area contributed by atoms with E-state index in [4.69, 9.17) is 0 Å². The van der Waals surface area contributed by atoms with Crippen molar-refractivity contribution in [2.24, 2.45) is 0 Å². The van der Waals surface area contributed by atoms with Crippen molar-refractivity contribution >= 4 is 0 Å². The molecule has 2 rings (SSSR count). The molecular weight excluding hydrogens is 174 g/mol. The summed E-state index contributed by atoms with van der Waals surface area (Å²) >= 11 is 0. The quantitative estimate of drug-likeness (QED) is 0.751. The maximum atomic E-state index is 4.16. The van der Waals surface area contributed by atoms with Crippen LogP contribution in [0.1, 0.15) is 24.4 Å². The predicted molar refractivity (Wildman–Crippen MR) is 57.1 cm³/mol. The second-order valence-electron chi connectivity index (χ2n) is 3.76. The third kappa shape index (κ3) is 1.94. The van der Waals surface area contributed by atoms with E-state index in [1.165, 1.54) is 18.4 Å². The number of nitrogens with zero attached hydrogens (tertiary/aromatic N) is 1. The van der Waals surface area contributed by atoms with Crippen molar-refractivity contribution in [1.29, 1.82) is 0 Å². The molecule has 1 aromatic heterocycles. The number of rotatable bonds is 3. The van der Waals surface area contributed by atoms with Crippen LogP contribution in [0.4, 0.5) is 0 Å². The third-order valence-corrected chi connectivity index (χ3v) is 2.86. The molecule has 1 saturated heterocycles. The molecule has 0 aliphatic carbocycles. The summed E-state index contributed by atoms with van der Waals surface area (Å²) in [5, 5.41) is 6.87. The van der Waals surface area contributed by atoms with E-state index in [0.717, 1.165) is 6.54 Å². The van der Waals surface area contributed by atoms with Crippen LogP contribution < -0.4 is 10.6 Å². The number of hydrogen-bond donors (Lipinski definition) is 2. The molecule has 0 amide bonds. The second kappa shape index (κ2) is 4.53. The zero-order chi connectivity index (χ0) is 9.80. The molecule has 0 radical (unpaired) electrons. The molecule has 76 valence electrons. The van der Waals surface area contributed by atoms with E-state index in [1.807, 2.05) is 25.5 Å². The second-order valence-corrected chi connectivity index (χ2v) is 3.76. The molecule has 2 unspecified atom stereocenters. The van der Waals surface area contributed by atoms with Crippen LogP contribution in [-0.2, 0) is 0 Å². The van der Waals surface area contributed by atoms with Crippen LogP contribution in [0.15, 0.2) is 24.5 Å². The van der Waals surface area contributed by atoms with E-state index in [9.17, 15) is 0 Å². The zero-order valence-corrected chi connectivity index (χ0v) is 8.53. The predicted octanol–water partition coefficient (Wildman–Crippen LogP) is 1.09. The maximum absolute atomic E-state index is 4.16. The Balaban J connectivity index is 2.12. The van der Waals surface area contributed by atoms with Crippen molar-refractivity contribution in [3.63, 3.8) is 0 Å². The number of pyridine rings is 1. The van der Waals surface area contributed by atoms with Gasteiger partial charge in [0.2, 0.25) is 0 Å². The van der Waals surface area contributed by atoms with Gasteiger partial charge in [0, 0.05) is 24.5 Å².